The summed E-state index contributed by atoms with van der Waals surface area (Å²) in [6, 6.07) is 5.34. The van der Waals surface area contributed by atoms with Gasteiger partial charge in [0.1, 0.15) is 16.5 Å². The van der Waals surface area contributed by atoms with Crippen molar-refractivity contribution in [2.24, 2.45) is 5.92 Å². The zero-order chi connectivity index (χ0) is 24.0. The number of thiazole rings is 1. The van der Waals surface area contributed by atoms with Crippen molar-refractivity contribution < 1.29 is 23.5 Å². The van der Waals surface area contributed by atoms with Crippen LogP contribution in [-0.2, 0) is 16.1 Å². The average molecular weight is 477 g/mol. The fourth-order valence-electron chi connectivity index (χ4n) is 3.64. The molecular weight excluding hydrogens is 447 g/mol. The molecular formula is C23H29FN4O4S. The third-order valence-corrected chi connectivity index (χ3v) is 6.24. The highest BCUT2D eigenvalue weighted by Gasteiger charge is 2.31. The number of halogens is 1. The first-order valence-electron chi connectivity index (χ1n) is 11.0. The maximum Gasteiger partial charge on any atom is 0.322 e. The second-order valence-corrected chi connectivity index (χ2v) is 9.04. The number of hydrogen-bond donors (Lipinski definition) is 1. The Labute approximate surface area is 196 Å². The molecule has 0 bridgehead atoms. The summed E-state index contributed by atoms with van der Waals surface area (Å²) >= 11 is 1.28. The van der Waals surface area contributed by atoms with Crippen molar-refractivity contribution in [1.82, 2.24) is 14.8 Å². The lowest BCUT2D eigenvalue weighted by Crippen LogP contribution is -2.43. The van der Waals surface area contributed by atoms with Gasteiger partial charge in [0.2, 0.25) is 0 Å². The summed E-state index contributed by atoms with van der Waals surface area (Å²) in [7, 11) is 0. The predicted octanol–water partition coefficient (Wildman–Crippen LogP) is 4.14. The van der Waals surface area contributed by atoms with Crippen molar-refractivity contribution in [2.45, 2.75) is 46.2 Å². The van der Waals surface area contributed by atoms with E-state index in [1.165, 1.54) is 28.4 Å². The van der Waals surface area contributed by atoms with Gasteiger partial charge in [-0.3, -0.25) is 9.59 Å². The molecule has 0 spiro atoms. The SMILES string of the molecule is CCOC(=O)C1CCCN(C(=O)c2csc(CN(C(=O)Nc3ccccc3F)C(C)C)n2)C1. The smallest absolute Gasteiger partial charge is 0.322 e. The topological polar surface area (TPSA) is 91.8 Å². The lowest BCUT2D eigenvalue weighted by molar-refractivity contribution is -0.149. The number of hydrogen-bond acceptors (Lipinski definition) is 6. The summed E-state index contributed by atoms with van der Waals surface area (Å²) in [5.74, 6) is -1.35. The highest BCUT2D eigenvalue weighted by molar-refractivity contribution is 7.09. The van der Waals surface area contributed by atoms with Crippen LogP contribution in [0, 0.1) is 11.7 Å². The first kappa shape index (κ1) is 24.6. The van der Waals surface area contributed by atoms with Gasteiger partial charge in [0.05, 0.1) is 24.8 Å². The van der Waals surface area contributed by atoms with Crippen LogP contribution in [0.25, 0.3) is 0 Å². The van der Waals surface area contributed by atoms with Crippen LogP contribution in [0.4, 0.5) is 14.9 Å². The summed E-state index contributed by atoms with van der Waals surface area (Å²) in [4.78, 5) is 45.4. The summed E-state index contributed by atoms with van der Waals surface area (Å²) in [6.45, 7) is 6.83. The Morgan fingerprint density at radius 2 is 2.09 bits per heavy atom. The number of carbonyl (C=O) groups excluding carboxylic acids is 3. The number of nitrogens with one attached hydrogen (secondary N) is 1. The van der Waals surface area contributed by atoms with E-state index in [-0.39, 0.29) is 41.8 Å². The third kappa shape index (κ3) is 6.28. The number of esters is 1. The molecule has 1 aromatic carbocycles. The van der Waals surface area contributed by atoms with Crippen molar-refractivity contribution in [3.8, 4) is 0 Å². The number of para-hydroxylation sites is 1. The molecule has 1 aliphatic heterocycles. The maximum absolute atomic E-state index is 13.9. The van der Waals surface area contributed by atoms with Gasteiger partial charge in [0, 0.05) is 24.5 Å². The first-order valence-corrected chi connectivity index (χ1v) is 11.9. The van der Waals surface area contributed by atoms with Crippen molar-refractivity contribution >= 4 is 34.9 Å². The van der Waals surface area contributed by atoms with Crippen molar-refractivity contribution in [2.75, 3.05) is 25.0 Å². The Bertz CT molecular complexity index is 996. The number of aromatic nitrogens is 1. The third-order valence-electron chi connectivity index (χ3n) is 5.40. The highest BCUT2D eigenvalue weighted by Crippen LogP contribution is 2.22. The second kappa shape index (κ2) is 11.2. The molecule has 1 N–H and O–H groups in total. The Hall–Kier alpha value is -3.01. The van der Waals surface area contributed by atoms with Crippen molar-refractivity contribution in [1.29, 1.82) is 0 Å². The zero-order valence-electron chi connectivity index (χ0n) is 19.0. The average Bonchev–Trinajstić information content (AvgIpc) is 3.27. The molecule has 1 unspecified atom stereocenters. The van der Waals surface area contributed by atoms with E-state index >= 15 is 0 Å². The molecule has 2 aromatic rings. The lowest BCUT2D eigenvalue weighted by Gasteiger charge is -2.31. The van der Waals surface area contributed by atoms with Gasteiger partial charge in [-0.2, -0.15) is 0 Å². The molecule has 3 amide bonds. The fraction of sp³-hybridized carbons (Fsp3) is 0.478. The number of piperidine rings is 1. The largest absolute Gasteiger partial charge is 0.466 e. The number of amides is 3. The number of rotatable bonds is 7. The molecule has 1 aliphatic rings. The Kier molecular flexibility index (Phi) is 8.37. The molecule has 33 heavy (non-hydrogen) atoms. The Balaban J connectivity index is 1.65. The predicted molar refractivity (Wildman–Crippen MR) is 123 cm³/mol. The number of carbonyl (C=O) groups is 3. The van der Waals surface area contributed by atoms with Crippen molar-refractivity contribution in [3.63, 3.8) is 0 Å². The summed E-state index contributed by atoms with van der Waals surface area (Å²) < 4.78 is 19.0. The van der Waals surface area contributed by atoms with Crippen LogP contribution in [0.2, 0.25) is 0 Å². The van der Waals surface area contributed by atoms with Gasteiger partial charge in [-0.05, 0) is 45.7 Å². The number of anilines is 1. The summed E-state index contributed by atoms with van der Waals surface area (Å²) in [6.07, 6.45) is 1.43. The highest BCUT2D eigenvalue weighted by atomic mass is 32.1. The molecule has 1 saturated heterocycles. The molecule has 8 nitrogen and oxygen atoms in total. The quantitative estimate of drug-likeness (QED) is 0.607. The lowest BCUT2D eigenvalue weighted by atomic mass is 9.98. The van der Waals surface area contributed by atoms with Crippen LogP contribution in [0.5, 0.6) is 0 Å². The number of likely N-dealkylation sites (tertiary alicyclic amines) is 1. The number of ether oxygens (including phenoxy) is 1. The molecule has 1 aromatic heterocycles. The van der Waals surface area contributed by atoms with Gasteiger partial charge < -0.3 is 19.9 Å². The van der Waals surface area contributed by atoms with Crippen LogP contribution in [0.3, 0.4) is 0 Å². The van der Waals surface area contributed by atoms with E-state index in [1.54, 1.807) is 29.3 Å². The summed E-state index contributed by atoms with van der Waals surface area (Å²) in [5, 5.41) is 4.85. The Morgan fingerprint density at radius 1 is 1.33 bits per heavy atom. The summed E-state index contributed by atoms with van der Waals surface area (Å²) in [5.41, 5.74) is 0.391. The fourth-order valence-corrected chi connectivity index (χ4v) is 4.41. The second-order valence-electron chi connectivity index (χ2n) is 8.10. The molecule has 1 fully saturated rings. The maximum atomic E-state index is 13.9. The van der Waals surface area contributed by atoms with Crippen LogP contribution in [0.1, 0.15) is 49.1 Å². The van der Waals surface area contributed by atoms with Gasteiger partial charge in [-0.25, -0.2) is 14.2 Å². The molecule has 0 radical (unpaired) electrons. The van der Waals surface area contributed by atoms with Crippen molar-refractivity contribution in [3.05, 3.63) is 46.2 Å². The van der Waals surface area contributed by atoms with Crippen LogP contribution in [0.15, 0.2) is 29.6 Å². The van der Waals surface area contributed by atoms with E-state index < -0.39 is 11.8 Å². The Morgan fingerprint density at radius 3 is 2.79 bits per heavy atom. The monoisotopic (exact) mass is 476 g/mol. The van der Waals surface area contributed by atoms with Gasteiger partial charge >= 0.3 is 12.0 Å². The van der Waals surface area contributed by atoms with Crippen LogP contribution in [-0.4, -0.2) is 58.4 Å². The van der Waals surface area contributed by atoms with E-state index in [9.17, 15) is 18.8 Å². The molecule has 1 atom stereocenters. The van der Waals surface area contributed by atoms with Gasteiger partial charge in [-0.15, -0.1) is 11.3 Å². The normalized spacial score (nSPS) is 15.9. The van der Waals surface area contributed by atoms with E-state index in [2.05, 4.69) is 10.3 Å². The molecule has 0 aliphatic carbocycles. The van der Waals surface area contributed by atoms with Crippen LogP contribution < -0.4 is 5.32 Å². The molecule has 3 rings (SSSR count). The van der Waals surface area contributed by atoms with Gasteiger partial charge in [-0.1, -0.05) is 12.1 Å². The standard InChI is InChI=1S/C23H29FN4O4S/c1-4-32-22(30)16-8-7-11-27(12-16)21(29)19-14-33-20(25-19)13-28(15(2)3)23(31)26-18-10-6-5-9-17(18)24/h5-6,9-10,14-16H,4,7-8,11-13H2,1-3H3,(H,26,31). The number of benzene rings is 1. The molecule has 2 heterocycles. The molecule has 0 saturated carbocycles. The zero-order valence-corrected chi connectivity index (χ0v) is 19.9. The number of urea groups is 1. The van der Waals surface area contributed by atoms with Gasteiger partial charge in [0.25, 0.3) is 5.91 Å². The first-order chi connectivity index (χ1) is 15.8. The van der Waals surface area contributed by atoms with E-state index in [0.717, 1.165) is 6.42 Å². The van der Waals surface area contributed by atoms with Crippen LogP contribution >= 0.6 is 11.3 Å². The molecule has 10 heteroatoms. The number of nitrogens with zero attached hydrogens (tertiary/aromatic N) is 3. The minimum atomic E-state index is -0.514. The minimum absolute atomic E-state index is 0.101. The molecule has 178 valence electrons. The van der Waals surface area contributed by atoms with E-state index in [1.807, 2.05) is 13.8 Å². The minimum Gasteiger partial charge on any atom is -0.466 e. The van der Waals surface area contributed by atoms with E-state index in [0.29, 0.717) is 31.1 Å². The van der Waals surface area contributed by atoms with Gasteiger partial charge in [0.15, 0.2) is 0 Å². The van der Waals surface area contributed by atoms with E-state index in [4.69, 9.17) is 4.74 Å².